The van der Waals surface area contributed by atoms with Gasteiger partial charge in [-0.1, -0.05) is 28.1 Å². The summed E-state index contributed by atoms with van der Waals surface area (Å²) < 4.78 is 13.8. The van der Waals surface area contributed by atoms with Gasteiger partial charge in [0.1, 0.15) is 17.6 Å². The second-order valence-electron chi connectivity index (χ2n) is 8.33. The molecule has 9 heteroatoms. The highest BCUT2D eigenvalue weighted by Gasteiger charge is 2.18. The van der Waals surface area contributed by atoms with Crippen LogP contribution >= 0.6 is 15.9 Å². The van der Waals surface area contributed by atoms with Gasteiger partial charge in [0.25, 0.3) is 0 Å². The molecule has 0 aliphatic heterocycles. The SMILES string of the molecule is CN(Cc1cc2c(=O)c(CC(=O)NCc3ccc(Br)cc3)cn(C)c2o1)C[C@@H](O)c1ccco1. The summed E-state index contributed by atoms with van der Waals surface area (Å²) in [6, 6.07) is 12.8. The van der Waals surface area contributed by atoms with E-state index in [9.17, 15) is 14.7 Å². The van der Waals surface area contributed by atoms with Gasteiger partial charge in [-0.3, -0.25) is 14.5 Å². The largest absolute Gasteiger partial charge is 0.467 e. The van der Waals surface area contributed by atoms with Gasteiger partial charge in [0.05, 0.1) is 24.6 Å². The number of hydrogen-bond acceptors (Lipinski definition) is 6. The van der Waals surface area contributed by atoms with Gasteiger partial charge in [-0.05, 0) is 42.9 Å². The molecule has 8 nitrogen and oxygen atoms in total. The van der Waals surface area contributed by atoms with E-state index >= 15 is 0 Å². The normalized spacial score (nSPS) is 12.4. The smallest absolute Gasteiger partial charge is 0.224 e. The standard InChI is InChI=1S/C25H26BrN3O5/c1-28(15-21(30)22-4-3-9-33-22)14-19-11-20-24(32)17(13-29(2)25(20)34-19)10-23(31)27-12-16-5-7-18(26)8-6-16/h3-9,11,13,21,30H,10,12,14-15H2,1-2H3,(H,27,31)/t21-/m1/s1. The van der Waals surface area contributed by atoms with E-state index in [1.807, 2.05) is 36.2 Å². The zero-order valence-electron chi connectivity index (χ0n) is 19.0. The first-order chi connectivity index (χ1) is 16.3. The van der Waals surface area contributed by atoms with E-state index in [2.05, 4.69) is 21.2 Å². The van der Waals surface area contributed by atoms with Crippen molar-refractivity contribution in [1.82, 2.24) is 14.8 Å². The predicted octanol–water partition coefficient (Wildman–Crippen LogP) is 3.51. The average Bonchev–Trinajstić information content (AvgIpc) is 3.47. The van der Waals surface area contributed by atoms with Crippen LogP contribution in [0.15, 0.2) is 73.0 Å². The molecule has 0 unspecified atom stereocenters. The summed E-state index contributed by atoms with van der Waals surface area (Å²) in [7, 11) is 3.63. The Labute approximate surface area is 204 Å². The minimum Gasteiger partial charge on any atom is -0.467 e. The van der Waals surface area contributed by atoms with Crippen LogP contribution in [0.1, 0.15) is 28.8 Å². The molecule has 0 saturated carbocycles. The molecule has 1 amide bonds. The lowest BCUT2D eigenvalue weighted by Gasteiger charge is -2.18. The number of halogens is 1. The first kappa shape index (κ1) is 24.0. The maximum atomic E-state index is 13.0. The lowest BCUT2D eigenvalue weighted by atomic mass is 10.1. The first-order valence-electron chi connectivity index (χ1n) is 10.8. The van der Waals surface area contributed by atoms with Crippen molar-refractivity contribution in [2.75, 3.05) is 13.6 Å². The van der Waals surface area contributed by atoms with E-state index < -0.39 is 6.10 Å². The van der Waals surface area contributed by atoms with Crippen LogP contribution in [0.4, 0.5) is 0 Å². The molecular weight excluding hydrogens is 502 g/mol. The van der Waals surface area contributed by atoms with Gasteiger partial charge < -0.3 is 23.8 Å². The molecule has 34 heavy (non-hydrogen) atoms. The van der Waals surface area contributed by atoms with Crippen molar-refractivity contribution >= 4 is 32.9 Å². The number of aliphatic hydroxyl groups is 1. The Kier molecular flexibility index (Phi) is 7.35. The van der Waals surface area contributed by atoms with Crippen molar-refractivity contribution in [3.05, 3.63) is 92.3 Å². The number of carbonyl (C=O) groups excluding carboxylic acids is 1. The molecule has 0 aliphatic rings. The molecular formula is C25H26BrN3O5. The maximum Gasteiger partial charge on any atom is 0.224 e. The molecule has 3 aromatic heterocycles. The van der Waals surface area contributed by atoms with Crippen molar-refractivity contribution in [2.45, 2.75) is 25.6 Å². The number of amides is 1. The summed E-state index contributed by atoms with van der Waals surface area (Å²) in [5.41, 5.74) is 1.59. The molecule has 0 fully saturated rings. The van der Waals surface area contributed by atoms with Crippen molar-refractivity contribution < 1.29 is 18.7 Å². The number of nitrogens with one attached hydrogen (secondary N) is 1. The van der Waals surface area contributed by atoms with E-state index in [0.29, 0.717) is 47.8 Å². The van der Waals surface area contributed by atoms with Gasteiger partial charge in [0.2, 0.25) is 11.6 Å². The first-order valence-corrected chi connectivity index (χ1v) is 11.6. The number of carbonyl (C=O) groups is 1. The molecule has 1 aromatic carbocycles. The molecule has 4 rings (SSSR count). The molecule has 4 aromatic rings. The zero-order valence-corrected chi connectivity index (χ0v) is 20.5. The highest BCUT2D eigenvalue weighted by Crippen LogP contribution is 2.20. The fourth-order valence-corrected chi connectivity index (χ4v) is 4.08. The maximum absolute atomic E-state index is 13.0. The van der Waals surface area contributed by atoms with Crippen LogP contribution < -0.4 is 10.7 Å². The Bertz CT molecular complexity index is 1330. The minimum absolute atomic E-state index is 0.0190. The molecule has 3 heterocycles. The van der Waals surface area contributed by atoms with Gasteiger partial charge >= 0.3 is 0 Å². The van der Waals surface area contributed by atoms with Crippen molar-refractivity contribution in [2.24, 2.45) is 7.05 Å². The van der Waals surface area contributed by atoms with Crippen LogP contribution in [0.25, 0.3) is 11.1 Å². The summed E-state index contributed by atoms with van der Waals surface area (Å²) in [5.74, 6) is 0.858. The number of hydrogen-bond donors (Lipinski definition) is 2. The van der Waals surface area contributed by atoms with Crippen LogP contribution in [0, 0.1) is 0 Å². The second-order valence-corrected chi connectivity index (χ2v) is 9.25. The van der Waals surface area contributed by atoms with Crippen LogP contribution in [0.5, 0.6) is 0 Å². The highest BCUT2D eigenvalue weighted by molar-refractivity contribution is 9.10. The number of fused-ring (bicyclic) bond motifs is 1. The molecule has 0 saturated heterocycles. The number of benzene rings is 1. The highest BCUT2D eigenvalue weighted by atomic mass is 79.9. The van der Waals surface area contributed by atoms with Crippen LogP contribution in [-0.4, -0.2) is 34.1 Å². The number of aliphatic hydroxyl groups excluding tert-OH is 1. The monoisotopic (exact) mass is 527 g/mol. The summed E-state index contributed by atoms with van der Waals surface area (Å²) in [5, 5.41) is 13.6. The van der Waals surface area contributed by atoms with Crippen molar-refractivity contribution in [1.29, 1.82) is 0 Å². The average molecular weight is 528 g/mol. The third-order valence-electron chi connectivity index (χ3n) is 5.51. The fraction of sp³-hybridized carbons (Fsp3) is 0.280. The molecule has 0 radical (unpaired) electrons. The number of aryl methyl sites for hydroxylation is 1. The quantitative estimate of drug-likeness (QED) is 0.345. The Morgan fingerprint density at radius 1 is 1.26 bits per heavy atom. The topological polar surface area (TPSA) is 101 Å². The Balaban J connectivity index is 1.43. The van der Waals surface area contributed by atoms with E-state index in [1.54, 1.807) is 36.0 Å². The second kappa shape index (κ2) is 10.4. The predicted molar refractivity (Wildman–Crippen MR) is 131 cm³/mol. The molecule has 0 spiro atoms. The van der Waals surface area contributed by atoms with Gasteiger partial charge in [0, 0.05) is 36.4 Å². The summed E-state index contributed by atoms with van der Waals surface area (Å²) in [6.07, 6.45) is 2.38. The summed E-state index contributed by atoms with van der Waals surface area (Å²) in [4.78, 5) is 27.4. The number of aromatic nitrogens is 1. The fourth-order valence-electron chi connectivity index (χ4n) is 3.82. The van der Waals surface area contributed by atoms with Crippen LogP contribution in [0.2, 0.25) is 0 Å². The third-order valence-corrected chi connectivity index (χ3v) is 6.03. The van der Waals surface area contributed by atoms with Gasteiger partial charge in [0.15, 0.2) is 5.43 Å². The van der Waals surface area contributed by atoms with Crippen molar-refractivity contribution in [3.63, 3.8) is 0 Å². The number of pyridine rings is 1. The van der Waals surface area contributed by atoms with E-state index in [0.717, 1.165) is 10.0 Å². The Morgan fingerprint density at radius 2 is 2.03 bits per heavy atom. The molecule has 0 bridgehead atoms. The van der Waals surface area contributed by atoms with Gasteiger partial charge in [-0.25, -0.2) is 0 Å². The Hall–Kier alpha value is -3.14. The van der Waals surface area contributed by atoms with E-state index in [1.165, 1.54) is 6.26 Å². The molecule has 2 N–H and O–H groups in total. The number of likely N-dealkylation sites (N-methyl/N-ethyl adjacent to an activating group) is 1. The summed E-state index contributed by atoms with van der Waals surface area (Å²) in [6.45, 7) is 1.13. The lowest BCUT2D eigenvalue weighted by Crippen LogP contribution is -2.27. The van der Waals surface area contributed by atoms with Gasteiger partial charge in [-0.15, -0.1) is 0 Å². The lowest BCUT2D eigenvalue weighted by molar-refractivity contribution is -0.120. The van der Waals surface area contributed by atoms with E-state index in [4.69, 9.17) is 8.83 Å². The number of nitrogens with zero attached hydrogens (tertiary/aromatic N) is 2. The van der Waals surface area contributed by atoms with E-state index in [-0.39, 0.29) is 17.8 Å². The zero-order chi connectivity index (χ0) is 24.2. The number of rotatable bonds is 9. The summed E-state index contributed by atoms with van der Waals surface area (Å²) >= 11 is 3.39. The molecule has 178 valence electrons. The number of furan rings is 2. The minimum atomic E-state index is -0.766. The van der Waals surface area contributed by atoms with Crippen LogP contribution in [-0.2, 0) is 31.4 Å². The van der Waals surface area contributed by atoms with Crippen LogP contribution in [0.3, 0.4) is 0 Å². The molecule has 1 atom stereocenters. The molecule has 0 aliphatic carbocycles. The van der Waals surface area contributed by atoms with Gasteiger partial charge in [-0.2, -0.15) is 0 Å². The van der Waals surface area contributed by atoms with Crippen molar-refractivity contribution in [3.8, 4) is 0 Å². The third kappa shape index (κ3) is 5.67. The Morgan fingerprint density at radius 3 is 2.74 bits per heavy atom.